The van der Waals surface area contributed by atoms with Crippen LogP contribution in [0.5, 0.6) is 0 Å². The predicted molar refractivity (Wildman–Crippen MR) is 113 cm³/mol. The molecule has 0 N–H and O–H groups in total. The summed E-state index contributed by atoms with van der Waals surface area (Å²) in [5.41, 5.74) is 1.63. The second-order valence-electron chi connectivity index (χ2n) is 7.07. The van der Waals surface area contributed by atoms with E-state index < -0.39 is 23.7 Å². The molecule has 0 saturated carbocycles. The first-order chi connectivity index (χ1) is 14.3. The molecule has 30 heavy (non-hydrogen) atoms. The van der Waals surface area contributed by atoms with Gasteiger partial charge in [0.2, 0.25) is 0 Å². The summed E-state index contributed by atoms with van der Waals surface area (Å²) in [6.07, 6.45) is 3.31. The van der Waals surface area contributed by atoms with Crippen LogP contribution in [0.1, 0.15) is 11.1 Å². The van der Waals surface area contributed by atoms with Gasteiger partial charge in [-0.25, -0.2) is 14.3 Å². The lowest BCUT2D eigenvalue weighted by molar-refractivity contribution is -0.118. The van der Waals surface area contributed by atoms with Gasteiger partial charge in [0.15, 0.2) is 16.0 Å². The highest BCUT2D eigenvalue weighted by atomic mass is 32.1. The molecule has 0 bridgehead atoms. The molecular weight excluding hydrogens is 404 g/mol. The molecule has 0 unspecified atom stereocenters. The zero-order chi connectivity index (χ0) is 21.4. The smallest absolute Gasteiger partial charge is 0.328 e. The van der Waals surface area contributed by atoms with Gasteiger partial charge in [0.05, 0.1) is 6.33 Å². The third-order valence-electron chi connectivity index (χ3n) is 4.85. The van der Waals surface area contributed by atoms with E-state index >= 15 is 0 Å². The van der Waals surface area contributed by atoms with Gasteiger partial charge in [-0.05, 0) is 12.5 Å². The van der Waals surface area contributed by atoms with Crippen molar-refractivity contribution >= 4 is 28.4 Å². The number of imidazole rings is 1. The minimum atomic E-state index is -0.603. The Kier molecular flexibility index (Phi) is 5.08. The normalized spacial score (nSPS) is 12.0. The van der Waals surface area contributed by atoms with Crippen LogP contribution in [-0.4, -0.2) is 29.2 Å². The fraction of sp³-hybridized carbons (Fsp3) is 0.250. The van der Waals surface area contributed by atoms with Gasteiger partial charge >= 0.3 is 5.69 Å². The molecule has 10 heteroatoms. The van der Waals surface area contributed by atoms with Crippen LogP contribution >= 0.6 is 11.3 Å². The molecule has 4 aromatic rings. The summed E-state index contributed by atoms with van der Waals surface area (Å²) in [6, 6.07) is 8.11. The Hall–Kier alpha value is -3.53. The number of carbonyl (C=O) groups is 1. The molecule has 0 aliphatic carbocycles. The Morgan fingerprint density at radius 2 is 1.90 bits per heavy atom. The maximum absolute atomic E-state index is 12.7. The zero-order valence-electron chi connectivity index (χ0n) is 16.8. The largest absolute Gasteiger partial charge is 0.332 e. The highest BCUT2D eigenvalue weighted by Gasteiger charge is 2.16. The Labute approximate surface area is 174 Å². The van der Waals surface area contributed by atoms with E-state index in [1.54, 1.807) is 7.05 Å². The Morgan fingerprint density at radius 3 is 2.63 bits per heavy atom. The number of hydrogen-bond donors (Lipinski definition) is 0. The number of amides is 1. The first-order valence-electron chi connectivity index (χ1n) is 9.23. The van der Waals surface area contributed by atoms with E-state index in [9.17, 15) is 14.4 Å². The fourth-order valence-corrected chi connectivity index (χ4v) is 3.96. The molecule has 0 aliphatic heterocycles. The Bertz CT molecular complexity index is 1430. The molecule has 0 fully saturated rings. The van der Waals surface area contributed by atoms with Gasteiger partial charge in [-0.15, -0.1) is 11.3 Å². The third-order valence-corrected chi connectivity index (χ3v) is 5.64. The lowest BCUT2D eigenvalue weighted by atomic mass is 10.1. The molecule has 154 valence electrons. The summed E-state index contributed by atoms with van der Waals surface area (Å²) < 4.78 is 5.54. The van der Waals surface area contributed by atoms with E-state index in [2.05, 4.69) is 9.98 Å². The van der Waals surface area contributed by atoms with E-state index in [0.29, 0.717) is 11.3 Å². The van der Waals surface area contributed by atoms with Crippen molar-refractivity contribution in [2.24, 2.45) is 19.1 Å². The van der Waals surface area contributed by atoms with Crippen molar-refractivity contribution in [2.45, 2.75) is 20.0 Å². The van der Waals surface area contributed by atoms with Crippen molar-refractivity contribution in [3.05, 3.63) is 78.9 Å². The number of aryl methyl sites for hydroxylation is 3. The third kappa shape index (κ3) is 3.57. The molecule has 0 atom stereocenters. The van der Waals surface area contributed by atoms with Gasteiger partial charge in [-0.3, -0.25) is 14.2 Å². The monoisotopic (exact) mass is 424 g/mol. The van der Waals surface area contributed by atoms with Crippen molar-refractivity contribution in [3.8, 4) is 0 Å². The molecule has 1 aromatic carbocycles. The lowest BCUT2D eigenvalue weighted by Crippen LogP contribution is -2.41. The number of fused-ring (bicyclic) bond motifs is 1. The first-order valence-corrected chi connectivity index (χ1v) is 10.1. The quantitative estimate of drug-likeness (QED) is 0.484. The average molecular weight is 424 g/mol. The van der Waals surface area contributed by atoms with Crippen molar-refractivity contribution in [1.29, 1.82) is 0 Å². The fourth-order valence-electron chi connectivity index (χ4n) is 3.21. The molecule has 3 heterocycles. The van der Waals surface area contributed by atoms with Gasteiger partial charge in [-0.2, -0.15) is 4.99 Å². The number of carbonyl (C=O) groups excluding carboxylic acids is 1. The Balaban J connectivity index is 1.67. The van der Waals surface area contributed by atoms with Gasteiger partial charge in [-0.1, -0.05) is 29.8 Å². The summed E-state index contributed by atoms with van der Waals surface area (Å²) in [4.78, 5) is 46.6. The SMILES string of the molecule is Cc1ccc(Cn2ccsc2=NC(=O)Cn2c(=O)c3c(ncn3C)n(C)c2=O)cc1. The number of aromatic nitrogens is 5. The minimum Gasteiger partial charge on any atom is -0.328 e. The summed E-state index contributed by atoms with van der Waals surface area (Å²) in [6.45, 7) is 2.16. The molecular formula is C20H20N6O3S. The lowest BCUT2D eigenvalue weighted by Gasteiger charge is -2.07. The van der Waals surface area contributed by atoms with E-state index in [1.807, 2.05) is 47.3 Å². The minimum absolute atomic E-state index is 0.260. The molecule has 1 amide bonds. The van der Waals surface area contributed by atoms with Crippen LogP contribution in [0, 0.1) is 6.92 Å². The maximum Gasteiger partial charge on any atom is 0.332 e. The second-order valence-corrected chi connectivity index (χ2v) is 7.94. The van der Waals surface area contributed by atoms with Crippen LogP contribution in [0.3, 0.4) is 0 Å². The van der Waals surface area contributed by atoms with Crippen molar-refractivity contribution in [2.75, 3.05) is 0 Å². The number of thiazole rings is 1. The van der Waals surface area contributed by atoms with Gasteiger partial charge in [0.25, 0.3) is 11.5 Å². The van der Waals surface area contributed by atoms with E-state index in [-0.39, 0.29) is 11.2 Å². The van der Waals surface area contributed by atoms with E-state index in [0.717, 1.165) is 10.1 Å². The summed E-state index contributed by atoms with van der Waals surface area (Å²) in [5.74, 6) is -0.573. The van der Waals surface area contributed by atoms with E-state index in [4.69, 9.17) is 0 Å². The van der Waals surface area contributed by atoms with Crippen molar-refractivity contribution in [3.63, 3.8) is 0 Å². The second kappa shape index (κ2) is 7.71. The highest BCUT2D eigenvalue weighted by Crippen LogP contribution is 2.06. The van der Waals surface area contributed by atoms with Crippen LogP contribution in [0.4, 0.5) is 0 Å². The standard InChI is InChI=1S/C20H20N6O3S/c1-13-4-6-14(7-5-13)10-25-8-9-30-19(25)22-15(27)11-26-18(28)16-17(21-12-23(16)2)24(3)20(26)29/h4-9,12H,10-11H2,1-3H3. The topological polar surface area (TPSA) is 96.2 Å². The molecule has 9 nitrogen and oxygen atoms in total. The number of benzene rings is 1. The molecule has 3 aromatic heterocycles. The molecule has 0 saturated heterocycles. The molecule has 0 radical (unpaired) electrons. The summed E-state index contributed by atoms with van der Waals surface area (Å²) >= 11 is 1.32. The van der Waals surface area contributed by atoms with Crippen LogP contribution in [0.15, 0.2) is 56.8 Å². The number of nitrogens with zero attached hydrogens (tertiary/aromatic N) is 6. The molecule has 0 spiro atoms. The van der Waals surface area contributed by atoms with Gasteiger partial charge < -0.3 is 9.13 Å². The first kappa shape index (κ1) is 19.8. The van der Waals surface area contributed by atoms with Crippen LogP contribution in [0.25, 0.3) is 11.2 Å². The number of hydrogen-bond acceptors (Lipinski definition) is 5. The average Bonchev–Trinajstić information content (AvgIpc) is 3.32. The Morgan fingerprint density at radius 1 is 1.17 bits per heavy atom. The van der Waals surface area contributed by atoms with E-state index in [1.165, 1.54) is 39.4 Å². The zero-order valence-corrected chi connectivity index (χ0v) is 17.6. The molecule has 0 aliphatic rings. The van der Waals surface area contributed by atoms with Gasteiger partial charge in [0.1, 0.15) is 6.54 Å². The molecule has 4 rings (SSSR count). The summed E-state index contributed by atoms with van der Waals surface area (Å²) in [5, 5.41) is 1.84. The van der Waals surface area contributed by atoms with Crippen LogP contribution in [-0.2, 0) is 32.0 Å². The van der Waals surface area contributed by atoms with Gasteiger partial charge in [0, 0.05) is 32.2 Å². The maximum atomic E-state index is 12.7. The van der Waals surface area contributed by atoms with Crippen LogP contribution in [0.2, 0.25) is 0 Å². The van der Waals surface area contributed by atoms with Crippen molar-refractivity contribution in [1.82, 2.24) is 23.3 Å². The number of rotatable bonds is 4. The van der Waals surface area contributed by atoms with Crippen molar-refractivity contribution < 1.29 is 4.79 Å². The predicted octanol–water partition coefficient (Wildman–Crippen LogP) is 0.781. The highest BCUT2D eigenvalue weighted by molar-refractivity contribution is 7.07. The summed E-state index contributed by atoms with van der Waals surface area (Å²) in [7, 11) is 3.18. The van der Waals surface area contributed by atoms with Crippen LogP contribution < -0.4 is 16.1 Å².